The second kappa shape index (κ2) is 10.4. The third-order valence-corrected chi connectivity index (χ3v) is 4.46. The normalized spacial score (nSPS) is 10.7. The average Bonchev–Trinajstić information content (AvgIpc) is 2.75. The van der Waals surface area contributed by atoms with E-state index < -0.39 is 11.5 Å². The number of nitrogens with one attached hydrogen (secondary N) is 1. The molecule has 0 aliphatic heterocycles. The summed E-state index contributed by atoms with van der Waals surface area (Å²) in [7, 11) is 1.58. The Morgan fingerprint density at radius 2 is 1.87 bits per heavy atom. The van der Waals surface area contributed by atoms with Crippen molar-refractivity contribution in [1.82, 2.24) is 5.32 Å². The molecule has 7 nitrogen and oxygen atoms in total. The van der Waals surface area contributed by atoms with Gasteiger partial charge in [0.1, 0.15) is 16.9 Å². The Labute approximate surface area is 173 Å². The fourth-order valence-electron chi connectivity index (χ4n) is 2.90. The van der Waals surface area contributed by atoms with Gasteiger partial charge in [0.05, 0.1) is 0 Å². The van der Waals surface area contributed by atoms with Gasteiger partial charge in [-0.05, 0) is 36.6 Å². The first-order valence-electron chi connectivity index (χ1n) is 9.66. The van der Waals surface area contributed by atoms with Crippen LogP contribution in [-0.2, 0) is 16.0 Å². The molecule has 1 aromatic heterocycles. The quantitative estimate of drug-likeness (QED) is 0.253. The van der Waals surface area contributed by atoms with E-state index >= 15 is 0 Å². The van der Waals surface area contributed by atoms with Crippen molar-refractivity contribution in [1.29, 1.82) is 0 Å². The van der Waals surface area contributed by atoms with Crippen molar-refractivity contribution < 1.29 is 23.5 Å². The van der Waals surface area contributed by atoms with Crippen LogP contribution in [0.3, 0.4) is 0 Å². The second-order valence-corrected chi connectivity index (χ2v) is 6.71. The van der Waals surface area contributed by atoms with E-state index in [9.17, 15) is 14.4 Å². The van der Waals surface area contributed by atoms with Crippen molar-refractivity contribution in [2.45, 2.75) is 19.3 Å². The van der Waals surface area contributed by atoms with E-state index in [0.717, 1.165) is 5.56 Å². The standard InChI is InChI=1S/C23H23NO6/c1-28-13-5-12-24-22(26)19-14-17-9-10-18(15-20(17)30-23(19)27)29-21(25)11-8-16-6-3-2-4-7-16/h2-4,6-7,9-10,14-15H,5,8,11-13H2,1H3,(H,24,26). The summed E-state index contributed by atoms with van der Waals surface area (Å²) in [5, 5.41) is 3.21. The zero-order chi connectivity index (χ0) is 21.3. The fourth-order valence-corrected chi connectivity index (χ4v) is 2.90. The summed E-state index contributed by atoms with van der Waals surface area (Å²) in [6.07, 6.45) is 1.44. The maximum Gasteiger partial charge on any atom is 0.349 e. The molecule has 2 aromatic carbocycles. The molecule has 0 radical (unpaired) electrons. The number of ether oxygens (including phenoxy) is 2. The number of amides is 1. The highest BCUT2D eigenvalue weighted by Crippen LogP contribution is 2.21. The molecule has 0 saturated heterocycles. The largest absolute Gasteiger partial charge is 0.426 e. The average molecular weight is 409 g/mol. The molecule has 0 atom stereocenters. The number of carbonyl (C=O) groups excluding carboxylic acids is 2. The molecule has 3 aromatic rings. The Morgan fingerprint density at radius 1 is 1.07 bits per heavy atom. The van der Waals surface area contributed by atoms with Gasteiger partial charge in [-0.1, -0.05) is 30.3 Å². The zero-order valence-corrected chi connectivity index (χ0v) is 16.7. The number of rotatable bonds is 9. The summed E-state index contributed by atoms with van der Waals surface area (Å²) in [4.78, 5) is 36.5. The van der Waals surface area contributed by atoms with Gasteiger partial charge in [-0.3, -0.25) is 9.59 Å². The maximum absolute atomic E-state index is 12.2. The van der Waals surface area contributed by atoms with Crippen molar-refractivity contribution in [3.8, 4) is 5.75 Å². The van der Waals surface area contributed by atoms with Crippen LogP contribution in [0.25, 0.3) is 11.0 Å². The molecule has 30 heavy (non-hydrogen) atoms. The first-order chi connectivity index (χ1) is 14.6. The molecule has 0 saturated carbocycles. The van der Waals surface area contributed by atoms with E-state index in [1.807, 2.05) is 30.3 Å². The second-order valence-electron chi connectivity index (χ2n) is 6.71. The van der Waals surface area contributed by atoms with Crippen molar-refractivity contribution >= 4 is 22.8 Å². The number of carbonyl (C=O) groups is 2. The minimum atomic E-state index is -0.751. The van der Waals surface area contributed by atoms with Crippen LogP contribution in [-0.4, -0.2) is 32.1 Å². The number of methoxy groups -OCH3 is 1. The van der Waals surface area contributed by atoms with Crippen LogP contribution in [0.1, 0.15) is 28.8 Å². The minimum Gasteiger partial charge on any atom is -0.426 e. The molecule has 7 heteroatoms. The Hall–Kier alpha value is -3.45. The first kappa shape index (κ1) is 21.3. The number of hydrogen-bond acceptors (Lipinski definition) is 6. The molecule has 1 heterocycles. The van der Waals surface area contributed by atoms with Gasteiger partial charge in [0.2, 0.25) is 0 Å². The third kappa shape index (κ3) is 5.78. The van der Waals surface area contributed by atoms with Gasteiger partial charge in [0, 0.05) is 38.1 Å². The van der Waals surface area contributed by atoms with Gasteiger partial charge < -0.3 is 19.2 Å². The minimum absolute atomic E-state index is 0.0764. The molecule has 1 amide bonds. The van der Waals surface area contributed by atoms with Crippen LogP contribution >= 0.6 is 0 Å². The highest BCUT2D eigenvalue weighted by molar-refractivity contribution is 5.96. The van der Waals surface area contributed by atoms with E-state index in [1.165, 1.54) is 12.1 Å². The van der Waals surface area contributed by atoms with Gasteiger partial charge in [0.15, 0.2) is 0 Å². The molecule has 0 aliphatic rings. The Morgan fingerprint density at radius 3 is 2.63 bits per heavy atom. The lowest BCUT2D eigenvalue weighted by molar-refractivity contribution is -0.134. The molecule has 156 valence electrons. The third-order valence-electron chi connectivity index (χ3n) is 4.46. The Bertz CT molecular complexity index is 1070. The lowest BCUT2D eigenvalue weighted by Crippen LogP contribution is -2.29. The number of esters is 1. The maximum atomic E-state index is 12.2. The van der Waals surface area contributed by atoms with Gasteiger partial charge in [-0.2, -0.15) is 0 Å². The number of benzene rings is 2. The molecule has 0 unspecified atom stereocenters. The molecule has 0 fully saturated rings. The summed E-state index contributed by atoms with van der Waals surface area (Å²) in [6.45, 7) is 0.904. The predicted octanol–water partition coefficient (Wildman–Crippen LogP) is 3.10. The van der Waals surface area contributed by atoms with Crippen LogP contribution in [0.4, 0.5) is 0 Å². The molecule has 0 spiro atoms. The lowest BCUT2D eigenvalue weighted by atomic mass is 10.1. The molecule has 1 N–H and O–H groups in total. The summed E-state index contributed by atoms with van der Waals surface area (Å²) < 4.78 is 15.5. The van der Waals surface area contributed by atoms with Gasteiger partial charge in [-0.25, -0.2) is 4.79 Å². The van der Waals surface area contributed by atoms with E-state index in [4.69, 9.17) is 13.9 Å². The predicted molar refractivity (Wildman–Crippen MR) is 112 cm³/mol. The molecule has 3 rings (SSSR count). The van der Waals surface area contributed by atoms with Gasteiger partial charge in [0.25, 0.3) is 5.91 Å². The molecular weight excluding hydrogens is 386 g/mol. The SMILES string of the molecule is COCCCNC(=O)c1cc2ccc(OC(=O)CCc3ccccc3)cc2oc1=O. The lowest BCUT2D eigenvalue weighted by Gasteiger charge is -2.07. The summed E-state index contributed by atoms with van der Waals surface area (Å²) in [5.74, 6) is -0.605. The monoisotopic (exact) mass is 409 g/mol. The Balaban J connectivity index is 1.65. The first-order valence-corrected chi connectivity index (χ1v) is 9.66. The van der Waals surface area contributed by atoms with Gasteiger partial charge in [-0.15, -0.1) is 0 Å². The van der Waals surface area contributed by atoms with Gasteiger partial charge >= 0.3 is 11.6 Å². The topological polar surface area (TPSA) is 94.8 Å². The number of fused-ring (bicyclic) bond motifs is 1. The number of aryl methyl sites for hydroxylation is 1. The van der Waals surface area contributed by atoms with Crippen molar-refractivity contribution in [3.63, 3.8) is 0 Å². The van der Waals surface area contributed by atoms with E-state index in [0.29, 0.717) is 31.4 Å². The highest BCUT2D eigenvalue weighted by Gasteiger charge is 2.14. The molecule has 0 bridgehead atoms. The van der Waals surface area contributed by atoms with Crippen LogP contribution in [0.5, 0.6) is 5.75 Å². The highest BCUT2D eigenvalue weighted by atomic mass is 16.5. The van der Waals surface area contributed by atoms with Crippen LogP contribution in [0.2, 0.25) is 0 Å². The van der Waals surface area contributed by atoms with Crippen molar-refractivity contribution in [3.05, 3.63) is 76.1 Å². The van der Waals surface area contributed by atoms with Crippen molar-refractivity contribution in [2.24, 2.45) is 0 Å². The van der Waals surface area contributed by atoms with Crippen LogP contribution in [0.15, 0.2) is 63.8 Å². The summed E-state index contributed by atoms with van der Waals surface area (Å²) in [6, 6.07) is 15.8. The van der Waals surface area contributed by atoms with E-state index in [-0.39, 0.29) is 29.3 Å². The van der Waals surface area contributed by atoms with Crippen LogP contribution in [0, 0.1) is 0 Å². The Kier molecular flexibility index (Phi) is 7.34. The van der Waals surface area contributed by atoms with Crippen molar-refractivity contribution in [2.75, 3.05) is 20.3 Å². The zero-order valence-electron chi connectivity index (χ0n) is 16.7. The molecular formula is C23H23NO6. The summed E-state index contributed by atoms with van der Waals surface area (Å²) in [5.41, 5.74) is 0.461. The van der Waals surface area contributed by atoms with E-state index in [1.54, 1.807) is 19.2 Å². The molecule has 0 aliphatic carbocycles. The number of hydrogen-bond donors (Lipinski definition) is 1. The smallest absolute Gasteiger partial charge is 0.349 e. The van der Waals surface area contributed by atoms with Crippen LogP contribution < -0.4 is 15.7 Å². The fraction of sp³-hybridized carbons (Fsp3) is 0.261. The summed E-state index contributed by atoms with van der Waals surface area (Å²) >= 11 is 0. The van der Waals surface area contributed by atoms with E-state index in [2.05, 4.69) is 5.32 Å².